The van der Waals surface area contributed by atoms with E-state index in [4.69, 9.17) is 6.42 Å². The molecule has 82 valence electrons. The highest BCUT2D eigenvalue weighted by molar-refractivity contribution is 5.75. The molecule has 0 aliphatic rings. The van der Waals surface area contributed by atoms with Crippen molar-refractivity contribution >= 4 is 5.69 Å². The topological polar surface area (TPSA) is 43.1 Å². The minimum absolute atomic E-state index is 0.0335. The molecule has 2 rings (SSSR count). The van der Waals surface area contributed by atoms with Crippen LogP contribution in [0.3, 0.4) is 0 Å². The second-order valence-corrected chi connectivity index (χ2v) is 3.47. The van der Waals surface area contributed by atoms with Crippen molar-refractivity contribution < 1.29 is 4.92 Å². The molecule has 0 amide bonds. The summed E-state index contributed by atoms with van der Waals surface area (Å²) >= 11 is 0. The van der Waals surface area contributed by atoms with Gasteiger partial charge in [0.1, 0.15) is 5.56 Å². The molecular weight excluding hydrogens is 214 g/mol. The van der Waals surface area contributed by atoms with E-state index >= 15 is 0 Å². The van der Waals surface area contributed by atoms with Gasteiger partial charge in [0.05, 0.1) is 4.92 Å². The highest BCUT2D eigenvalue weighted by atomic mass is 16.6. The zero-order chi connectivity index (χ0) is 12.3. The van der Waals surface area contributed by atoms with Gasteiger partial charge in [-0.3, -0.25) is 10.1 Å². The highest BCUT2D eigenvalue weighted by Gasteiger charge is 2.15. The van der Waals surface area contributed by atoms with Crippen molar-refractivity contribution in [2.75, 3.05) is 0 Å². The zero-order valence-corrected chi connectivity index (χ0v) is 8.96. The summed E-state index contributed by atoms with van der Waals surface area (Å²) in [6, 6.07) is 14.2. The molecule has 0 atom stereocenters. The Kier molecular flexibility index (Phi) is 2.89. The molecule has 0 saturated heterocycles. The van der Waals surface area contributed by atoms with E-state index in [1.165, 1.54) is 6.07 Å². The van der Waals surface area contributed by atoms with E-state index < -0.39 is 4.92 Å². The summed E-state index contributed by atoms with van der Waals surface area (Å²) in [7, 11) is 0. The summed E-state index contributed by atoms with van der Waals surface area (Å²) in [5.41, 5.74) is 1.88. The summed E-state index contributed by atoms with van der Waals surface area (Å²) in [5, 5.41) is 10.9. The Morgan fingerprint density at radius 3 is 2.35 bits per heavy atom. The molecule has 0 heterocycles. The van der Waals surface area contributed by atoms with Gasteiger partial charge >= 0.3 is 0 Å². The molecule has 2 aromatic carbocycles. The van der Waals surface area contributed by atoms with E-state index in [1.807, 2.05) is 30.3 Å². The summed E-state index contributed by atoms with van der Waals surface area (Å²) in [6.07, 6.45) is 5.37. The summed E-state index contributed by atoms with van der Waals surface area (Å²) in [4.78, 5) is 10.4. The third-order valence-electron chi connectivity index (χ3n) is 2.47. The first-order chi connectivity index (χ1) is 8.24. The van der Waals surface area contributed by atoms with E-state index in [2.05, 4.69) is 5.92 Å². The summed E-state index contributed by atoms with van der Waals surface area (Å²) in [5.74, 6) is 2.40. The molecule has 17 heavy (non-hydrogen) atoms. The molecule has 0 N–H and O–H groups in total. The van der Waals surface area contributed by atoms with Crippen molar-refractivity contribution in [2.24, 2.45) is 0 Å². The van der Waals surface area contributed by atoms with Crippen molar-refractivity contribution in [1.82, 2.24) is 0 Å². The van der Waals surface area contributed by atoms with Crippen LogP contribution in [-0.2, 0) is 0 Å². The van der Waals surface area contributed by atoms with Crippen LogP contribution < -0.4 is 0 Å². The Morgan fingerprint density at radius 1 is 1.06 bits per heavy atom. The average molecular weight is 223 g/mol. The Labute approximate surface area is 98.9 Å². The van der Waals surface area contributed by atoms with Gasteiger partial charge in [0, 0.05) is 11.6 Å². The van der Waals surface area contributed by atoms with Crippen LogP contribution >= 0.6 is 0 Å². The number of benzene rings is 2. The molecule has 0 fully saturated rings. The third kappa shape index (κ3) is 2.01. The Balaban J connectivity index is 2.68. The Morgan fingerprint density at radius 2 is 1.76 bits per heavy atom. The maximum Gasteiger partial charge on any atom is 0.285 e. The van der Waals surface area contributed by atoms with Crippen molar-refractivity contribution in [1.29, 1.82) is 0 Å². The molecule has 0 aliphatic carbocycles. The monoisotopic (exact) mass is 223 g/mol. The molecule has 0 bridgehead atoms. The second kappa shape index (κ2) is 4.50. The molecule has 3 heteroatoms. The fourth-order valence-electron chi connectivity index (χ4n) is 1.70. The lowest BCUT2D eigenvalue weighted by atomic mass is 9.99. The Bertz CT molecular complexity index is 597. The largest absolute Gasteiger partial charge is 0.285 e. The zero-order valence-electron chi connectivity index (χ0n) is 8.96. The van der Waals surface area contributed by atoms with Gasteiger partial charge in [-0.2, -0.15) is 0 Å². The maximum atomic E-state index is 10.9. The fraction of sp³-hybridized carbons (Fsp3) is 0. The maximum absolute atomic E-state index is 10.9. The van der Waals surface area contributed by atoms with Crippen LogP contribution in [0.4, 0.5) is 5.69 Å². The van der Waals surface area contributed by atoms with Crippen molar-refractivity contribution in [3.63, 3.8) is 0 Å². The van der Waals surface area contributed by atoms with Crippen LogP contribution in [0.5, 0.6) is 0 Å². The smallest absolute Gasteiger partial charge is 0.258 e. The Hall–Kier alpha value is -2.60. The van der Waals surface area contributed by atoms with Gasteiger partial charge in [0.25, 0.3) is 5.69 Å². The first-order valence-electron chi connectivity index (χ1n) is 5.03. The predicted octanol–water partition coefficient (Wildman–Crippen LogP) is 3.24. The number of nitrogens with zero attached hydrogens (tertiary/aromatic N) is 1. The molecule has 2 aromatic rings. The first kappa shape index (κ1) is 10.9. The summed E-state index contributed by atoms with van der Waals surface area (Å²) in [6.45, 7) is 0. The second-order valence-electron chi connectivity index (χ2n) is 3.47. The number of hydrogen-bond acceptors (Lipinski definition) is 2. The van der Waals surface area contributed by atoms with Crippen LogP contribution in [0.15, 0.2) is 48.5 Å². The van der Waals surface area contributed by atoms with Gasteiger partial charge in [-0.15, -0.1) is 6.42 Å². The lowest BCUT2D eigenvalue weighted by molar-refractivity contribution is -0.385. The van der Waals surface area contributed by atoms with Gasteiger partial charge in [0.2, 0.25) is 0 Å². The van der Waals surface area contributed by atoms with Crippen LogP contribution in [0.1, 0.15) is 5.56 Å². The highest BCUT2D eigenvalue weighted by Crippen LogP contribution is 2.29. The molecule has 0 unspecified atom stereocenters. The van der Waals surface area contributed by atoms with Gasteiger partial charge in [-0.25, -0.2) is 0 Å². The van der Waals surface area contributed by atoms with E-state index in [9.17, 15) is 10.1 Å². The molecule has 0 saturated carbocycles. The molecule has 0 spiro atoms. The van der Waals surface area contributed by atoms with Crippen LogP contribution in [-0.4, -0.2) is 4.92 Å². The quantitative estimate of drug-likeness (QED) is 0.445. The lowest BCUT2D eigenvalue weighted by Crippen LogP contribution is -1.94. The van der Waals surface area contributed by atoms with Crippen molar-refractivity contribution in [2.45, 2.75) is 0 Å². The average Bonchev–Trinajstić information content (AvgIpc) is 2.38. The van der Waals surface area contributed by atoms with E-state index in [0.717, 1.165) is 5.56 Å². The van der Waals surface area contributed by atoms with Crippen molar-refractivity contribution in [3.8, 4) is 23.5 Å². The molecule has 0 aliphatic heterocycles. The molecular formula is C14H9NO2. The molecule has 0 aromatic heterocycles. The number of nitro benzene ring substituents is 1. The molecule has 0 radical (unpaired) electrons. The van der Waals surface area contributed by atoms with Gasteiger partial charge in [-0.1, -0.05) is 48.4 Å². The number of rotatable bonds is 2. The van der Waals surface area contributed by atoms with Crippen LogP contribution in [0.25, 0.3) is 11.1 Å². The fourth-order valence-corrected chi connectivity index (χ4v) is 1.70. The standard InChI is InChI=1S/C14H9NO2/c1-2-12-13(11-7-4-3-5-8-11)9-6-10-14(12)15(16)17/h1,3-10H. The lowest BCUT2D eigenvalue weighted by Gasteiger charge is -2.05. The first-order valence-corrected chi connectivity index (χ1v) is 5.03. The van der Waals surface area contributed by atoms with Crippen LogP contribution in [0, 0.1) is 22.5 Å². The number of nitro groups is 1. The molecule has 3 nitrogen and oxygen atoms in total. The minimum atomic E-state index is -0.457. The number of terminal acetylenes is 1. The van der Waals surface area contributed by atoms with Crippen molar-refractivity contribution in [3.05, 3.63) is 64.2 Å². The summed E-state index contributed by atoms with van der Waals surface area (Å²) < 4.78 is 0. The van der Waals surface area contributed by atoms with Gasteiger partial charge in [-0.05, 0) is 5.56 Å². The predicted molar refractivity (Wildman–Crippen MR) is 66.5 cm³/mol. The minimum Gasteiger partial charge on any atom is -0.258 e. The van der Waals surface area contributed by atoms with Crippen LogP contribution in [0.2, 0.25) is 0 Å². The normalized spacial score (nSPS) is 9.59. The van der Waals surface area contributed by atoms with Gasteiger partial charge in [0.15, 0.2) is 0 Å². The van der Waals surface area contributed by atoms with Gasteiger partial charge < -0.3 is 0 Å². The SMILES string of the molecule is C#Cc1c(-c2ccccc2)cccc1[N+](=O)[O-]. The van der Waals surface area contributed by atoms with E-state index in [-0.39, 0.29) is 5.69 Å². The number of hydrogen-bond donors (Lipinski definition) is 0. The van der Waals surface area contributed by atoms with E-state index in [1.54, 1.807) is 12.1 Å². The third-order valence-corrected chi connectivity index (χ3v) is 2.47. The van der Waals surface area contributed by atoms with E-state index in [0.29, 0.717) is 11.1 Å².